The predicted molar refractivity (Wildman–Crippen MR) is 104 cm³/mol. The summed E-state index contributed by atoms with van der Waals surface area (Å²) in [6.07, 6.45) is 0.975. The fourth-order valence-electron chi connectivity index (χ4n) is 2.91. The summed E-state index contributed by atoms with van der Waals surface area (Å²) in [5.41, 5.74) is 0.240. The van der Waals surface area contributed by atoms with E-state index in [0.29, 0.717) is 30.8 Å². The van der Waals surface area contributed by atoms with E-state index in [1.807, 2.05) is 11.4 Å². The molecule has 1 aromatic carbocycles. The molecule has 148 valence electrons. The maximum atomic E-state index is 13.0. The molecular formula is C19H18ClFN2O4S. The minimum absolute atomic E-state index is 0.0302. The quantitative estimate of drug-likeness (QED) is 0.744. The minimum atomic E-state index is -0.563. The molecule has 9 heteroatoms. The molecule has 1 N–H and O–H groups in total. The molecule has 0 spiro atoms. The summed E-state index contributed by atoms with van der Waals surface area (Å²) in [5.74, 6) is -1.93. The van der Waals surface area contributed by atoms with Crippen LogP contribution in [0.15, 0.2) is 35.7 Å². The van der Waals surface area contributed by atoms with Crippen LogP contribution < -0.4 is 5.32 Å². The number of halogens is 2. The Morgan fingerprint density at radius 2 is 2.00 bits per heavy atom. The van der Waals surface area contributed by atoms with Crippen LogP contribution in [-0.4, -0.2) is 42.4 Å². The first-order valence-electron chi connectivity index (χ1n) is 8.68. The van der Waals surface area contributed by atoms with Gasteiger partial charge in [-0.05, 0) is 42.5 Å². The average molecular weight is 425 g/mol. The molecule has 1 aromatic heterocycles. The molecule has 6 nitrogen and oxygen atoms in total. The first kappa shape index (κ1) is 20.3. The van der Waals surface area contributed by atoms with E-state index in [1.54, 1.807) is 11.0 Å². The lowest BCUT2D eigenvalue weighted by molar-refractivity contribution is -0.152. The number of nitrogens with zero attached hydrogens (tertiary/aromatic N) is 1. The summed E-state index contributed by atoms with van der Waals surface area (Å²) in [6, 6.07) is 7.18. The number of rotatable bonds is 5. The van der Waals surface area contributed by atoms with Gasteiger partial charge in [-0.1, -0.05) is 17.7 Å². The van der Waals surface area contributed by atoms with E-state index in [4.69, 9.17) is 16.3 Å². The lowest BCUT2D eigenvalue weighted by Gasteiger charge is -2.30. The van der Waals surface area contributed by atoms with Gasteiger partial charge in [0.1, 0.15) is 5.82 Å². The van der Waals surface area contributed by atoms with Crippen LogP contribution in [0.1, 0.15) is 22.5 Å². The van der Waals surface area contributed by atoms with Crippen LogP contribution >= 0.6 is 22.9 Å². The molecular weight excluding hydrogens is 407 g/mol. The van der Waals surface area contributed by atoms with Gasteiger partial charge in [-0.3, -0.25) is 14.4 Å². The van der Waals surface area contributed by atoms with Gasteiger partial charge in [0, 0.05) is 13.1 Å². The Labute approximate surface area is 170 Å². The van der Waals surface area contributed by atoms with Crippen molar-refractivity contribution in [2.75, 3.05) is 25.0 Å². The van der Waals surface area contributed by atoms with Gasteiger partial charge in [0.2, 0.25) is 0 Å². The number of hydrogen-bond donors (Lipinski definition) is 1. The molecule has 1 saturated heterocycles. The van der Waals surface area contributed by atoms with Crippen molar-refractivity contribution in [1.29, 1.82) is 0 Å². The van der Waals surface area contributed by atoms with Crippen LogP contribution in [0.2, 0.25) is 5.02 Å². The van der Waals surface area contributed by atoms with Crippen LogP contribution in [-0.2, 0) is 14.3 Å². The van der Waals surface area contributed by atoms with Gasteiger partial charge in [0.15, 0.2) is 6.61 Å². The van der Waals surface area contributed by atoms with E-state index in [9.17, 15) is 18.8 Å². The van der Waals surface area contributed by atoms with Gasteiger partial charge in [-0.2, -0.15) is 0 Å². The molecule has 0 radical (unpaired) electrons. The van der Waals surface area contributed by atoms with E-state index in [-0.39, 0.29) is 22.5 Å². The summed E-state index contributed by atoms with van der Waals surface area (Å²) in [7, 11) is 0. The number of anilines is 1. The van der Waals surface area contributed by atoms with E-state index in [0.717, 1.165) is 6.07 Å². The van der Waals surface area contributed by atoms with Crippen molar-refractivity contribution in [1.82, 2.24) is 4.90 Å². The number of thiophene rings is 1. The van der Waals surface area contributed by atoms with Crippen LogP contribution in [0, 0.1) is 11.7 Å². The normalized spacial score (nSPS) is 14.6. The van der Waals surface area contributed by atoms with Gasteiger partial charge < -0.3 is 15.0 Å². The Bertz CT molecular complexity index is 867. The first-order valence-corrected chi connectivity index (χ1v) is 9.94. The van der Waals surface area contributed by atoms with Crippen LogP contribution in [0.3, 0.4) is 0 Å². The lowest BCUT2D eigenvalue weighted by atomic mass is 9.97. The van der Waals surface area contributed by atoms with E-state index in [2.05, 4.69) is 5.32 Å². The Balaban J connectivity index is 1.43. The van der Waals surface area contributed by atoms with Crippen LogP contribution in [0.5, 0.6) is 0 Å². The zero-order valence-electron chi connectivity index (χ0n) is 14.8. The predicted octanol–water partition coefficient (Wildman–Crippen LogP) is 3.57. The monoisotopic (exact) mass is 424 g/mol. The van der Waals surface area contributed by atoms with Crippen molar-refractivity contribution >= 4 is 46.4 Å². The Morgan fingerprint density at radius 3 is 2.64 bits per heavy atom. The highest BCUT2D eigenvalue weighted by Gasteiger charge is 2.29. The largest absolute Gasteiger partial charge is 0.455 e. The van der Waals surface area contributed by atoms with Crippen molar-refractivity contribution in [3.05, 3.63) is 51.4 Å². The number of carbonyl (C=O) groups excluding carboxylic acids is 3. The minimum Gasteiger partial charge on any atom is -0.455 e. The molecule has 0 aliphatic carbocycles. The van der Waals surface area contributed by atoms with Crippen molar-refractivity contribution < 1.29 is 23.5 Å². The second kappa shape index (κ2) is 9.16. The third-order valence-electron chi connectivity index (χ3n) is 4.40. The Hall–Kier alpha value is -2.45. The second-order valence-corrected chi connectivity index (χ2v) is 7.68. The van der Waals surface area contributed by atoms with Crippen molar-refractivity contribution in [2.45, 2.75) is 12.8 Å². The topological polar surface area (TPSA) is 75.7 Å². The Morgan fingerprint density at radius 1 is 1.25 bits per heavy atom. The molecule has 1 aliphatic heterocycles. The molecule has 3 rings (SSSR count). The number of amides is 2. The Kier molecular flexibility index (Phi) is 6.64. The molecule has 1 aliphatic rings. The number of hydrogen-bond acceptors (Lipinski definition) is 5. The molecule has 0 atom stereocenters. The number of carbonyl (C=O) groups is 3. The van der Waals surface area contributed by atoms with Gasteiger partial charge >= 0.3 is 5.97 Å². The zero-order chi connectivity index (χ0) is 20.1. The van der Waals surface area contributed by atoms with Crippen molar-refractivity contribution in [3.63, 3.8) is 0 Å². The van der Waals surface area contributed by atoms with Gasteiger partial charge in [-0.15, -0.1) is 11.3 Å². The molecule has 0 saturated carbocycles. The standard InChI is InChI=1S/C19H18ClFN2O4S/c20-14-10-13(21)3-4-15(14)22-17(24)11-27-19(26)12-5-7-23(8-6-12)18(25)16-2-1-9-28-16/h1-4,9-10,12H,5-8,11H2,(H,22,24). The number of piperidine rings is 1. The van der Waals surface area contributed by atoms with E-state index < -0.39 is 24.3 Å². The molecule has 2 amide bonds. The smallest absolute Gasteiger partial charge is 0.309 e. The number of nitrogens with one attached hydrogen (secondary N) is 1. The number of esters is 1. The van der Waals surface area contributed by atoms with Gasteiger partial charge in [0.25, 0.3) is 11.8 Å². The van der Waals surface area contributed by atoms with Crippen LogP contribution in [0.25, 0.3) is 0 Å². The van der Waals surface area contributed by atoms with Crippen LogP contribution in [0.4, 0.5) is 10.1 Å². The fourth-order valence-corrected chi connectivity index (χ4v) is 3.81. The molecule has 2 aromatic rings. The third-order valence-corrected chi connectivity index (χ3v) is 5.57. The highest BCUT2D eigenvalue weighted by molar-refractivity contribution is 7.12. The highest BCUT2D eigenvalue weighted by atomic mass is 35.5. The maximum Gasteiger partial charge on any atom is 0.309 e. The molecule has 0 unspecified atom stereocenters. The van der Waals surface area contributed by atoms with Crippen molar-refractivity contribution in [3.8, 4) is 0 Å². The van der Waals surface area contributed by atoms with E-state index in [1.165, 1.54) is 23.5 Å². The maximum absolute atomic E-state index is 13.0. The number of benzene rings is 1. The zero-order valence-corrected chi connectivity index (χ0v) is 16.4. The third kappa shape index (κ3) is 5.08. The lowest BCUT2D eigenvalue weighted by Crippen LogP contribution is -2.40. The van der Waals surface area contributed by atoms with E-state index >= 15 is 0 Å². The summed E-state index contributed by atoms with van der Waals surface area (Å²) in [4.78, 5) is 38.8. The molecule has 2 heterocycles. The molecule has 1 fully saturated rings. The average Bonchev–Trinajstić information content (AvgIpc) is 3.22. The fraction of sp³-hybridized carbons (Fsp3) is 0.316. The summed E-state index contributed by atoms with van der Waals surface area (Å²) in [6.45, 7) is 0.475. The number of ether oxygens (including phenoxy) is 1. The first-order chi connectivity index (χ1) is 13.4. The van der Waals surface area contributed by atoms with Crippen molar-refractivity contribution in [2.24, 2.45) is 5.92 Å². The number of likely N-dealkylation sites (tertiary alicyclic amines) is 1. The van der Waals surface area contributed by atoms with Gasteiger partial charge in [0.05, 0.1) is 21.5 Å². The highest BCUT2D eigenvalue weighted by Crippen LogP contribution is 2.23. The summed E-state index contributed by atoms with van der Waals surface area (Å²) < 4.78 is 18.1. The summed E-state index contributed by atoms with van der Waals surface area (Å²) >= 11 is 7.23. The SMILES string of the molecule is O=C(COC(=O)C1CCN(C(=O)c2cccs2)CC1)Nc1ccc(F)cc1Cl. The second-order valence-electron chi connectivity index (χ2n) is 6.32. The van der Waals surface area contributed by atoms with Gasteiger partial charge in [-0.25, -0.2) is 4.39 Å². The molecule has 28 heavy (non-hydrogen) atoms. The molecule has 0 bridgehead atoms. The summed E-state index contributed by atoms with van der Waals surface area (Å²) in [5, 5.41) is 4.37.